The molecule has 0 saturated heterocycles. The van der Waals surface area contributed by atoms with E-state index in [1.165, 1.54) is 24.5 Å². The SMILES string of the molecule is Cc1ccc([N+](=O)[O-])cc1NC(=O)Nc1ccon1. The van der Waals surface area contributed by atoms with Crippen molar-refractivity contribution in [1.82, 2.24) is 5.16 Å². The minimum Gasteiger partial charge on any atom is -0.363 e. The van der Waals surface area contributed by atoms with Crippen LogP contribution >= 0.6 is 0 Å². The third-order valence-corrected chi connectivity index (χ3v) is 2.36. The number of nitro benzene ring substituents is 1. The Bertz CT molecular complexity index is 609. The number of benzene rings is 1. The normalized spacial score (nSPS) is 9.95. The number of nitrogens with one attached hydrogen (secondary N) is 2. The number of hydrogen-bond acceptors (Lipinski definition) is 5. The highest BCUT2D eigenvalue weighted by atomic mass is 16.6. The molecule has 0 radical (unpaired) electrons. The van der Waals surface area contributed by atoms with Crippen LogP contribution in [0.4, 0.5) is 22.0 Å². The minimum atomic E-state index is -0.558. The van der Waals surface area contributed by atoms with Gasteiger partial charge in [-0.3, -0.25) is 15.4 Å². The van der Waals surface area contributed by atoms with Crippen molar-refractivity contribution >= 4 is 23.2 Å². The lowest BCUT2D eigenvalue weighted by molar-refractivity contribution is -0.384. The standard InChI is InChI=1S/C11H10N4O4/c1-7-2-3-8(15(17)18)6-9(7)12-11(16)13-10-4-5-19-14-10/h2-6H,1H3,(H2,12,13,14,16). The fourth-order valence-electron chi connectivity index (χ4n) is 1.41. The first-order valence-corrected chi connectivity index (χ1v) is 5.29. The van der Waals surface area contributed by atoms with Gasteiger partial charge < -0.3 is 9.84 Å². The first kappa shape index (κ1) is 12.6. The zero-order chi connectivity index (χ0) is 13.8. The summed E-state index contributed by atoms with van der Waals surface area (Å²) in [6, 6.07) is 5.13. The minimum absolute atomic E-state index is 0.0951. The molecule has 0 spiro atoms. The van der Waals surface area contributed by atoms with Gasteiger partial charge in [-0.15, -0.1) is 0 Å². The molecule has 0 aliphatic carbocycles. The highest BCUT2D eigenvalue weighted by Gasteiger charge is 2.11. The molecule has 0 aliphatic rings. The average Bonchev–Trinajstić information content (AvgIpc) is 2.84. The van der Waals surface area contributed by atoms with E-state index in [2.05, 4.69) is 20.3 Å². The van der Waals surface area contributed by atoms with Gasteiger partial charge in [0.2, 0.25) is 0 Å². The molecule has 8 heteroatoms. The Morgan fingerprint density at radius 1 is 1.37 bits per heavy atom. The molecular weight excluding hydrogens is 252 g/mol. The summed E-state index contributed by atoms with van der Waals surface area (Å²) in [4.78, 5) is 21.8. The monoisotopic (exact) mass is 262 g/mol. The molecule has 98 valence electrons. The Labute approximate surface area is 107 Å². The summed E-state index contributed by atoms with van der Waals surface area (Å²) in [6.45, 7) is 1.73. The summed E-state index contributed by atoms with van der Waals surface area (Å²) in [5.41, 5.74) is 0.971. The first-order valence-electron chi connectivity index (χ1n) is 5.29. The molecule has 2 amide bonds. The fourth-order valence-corrected chi connectivity index (χ4v) is 1.41. The molecule has 0 saturated carbocycles. The molecule has 0 aliphatic heterocycles. The number of aryl methyl sites for hydroxylation is 1. The van der Waals surface area contributed by atoms with Crippen LogP contribution in [0.1, 0.15) is 5.56 Å². The maximum Gasteiger partial charge on any atom is 0.324 e. The van der Waals surface area contributed by atoms with Gasteiger partial charge in [-0.1, -0.05) is 11.2 Å². The lowest BCUT2D eigenvalue weighted by atomic mass is 10.2. The van der Waals surface area contributed by atoms with Crippen LogP contribution in [0, 0.1) is 17.0 Å². The second-order valence-electron chi connectivity index (χ2n) is 3.72. The number of urea groups is 1. The number of rotatable bonds is 3. The van der Waals surface area contributed by atoms with E-state index in [1.807, 2.05) is 0 Å². The summed E-state index contributed by atoms with van der Waals surface area (Å²) in [5, 5.41) is 19.1. The van der Waals surface area contributed by atoms with Gasteiger partial charge in [-0.05, 0) is 12.5 Å². The third kappa shape index (κ3) is 3.06. The van der Waals surface area contributed by atoms with Gasteiger partial charge in [0, 0.05) is 18.2 Å². The Morgan fingerprint density at radius 2 is 2.16 bits per heavy atom. The number of carbonyl (C=O) groups is 1. The van der Waals surface area contributed by atoms with Crippen molar-refractivity contribution in [2.24, 2.45) is 0 Å². The van der Waals surface area contributed by atoms with Gasteiger partial charge >= 0.3 is 6.03 Å². The number of non-ortho nitro benzene ring substituents is 1. The maximum absolute atomic E-state index is 11.6. The fraction of sp³-hybridized carbons (Fsp3) is 0.0909. The van der Waals surface area contributed by atoms with Crippen LogP contribution in [0.2, 0.25) is 0 Å². The highest BCUT2D eigenvalue weighted by molar-refractivity contribution is 5.99. The number of amides is 2. The quantitative estimate of drug-likeness (QED) is 0.652. The smallest absolute Gasteiger partial charge is 0.324 e. The summed E-state index contributed by atoms with van der Waals surface area (Å²) in [5.74, 6) is 0.251. The van der Waals surface area contributed by atoms with Crippen molar-refractivity contribution in [1.29, 1.82) is 0 Å². The van der Waals surface area contributed by atoms with Gasteiger partial charge in [-0.2, -0.15) is 0 Å². The van der Waals surface area contributed by atoms with E-state index in [0.29, 0.717) is 11.3 Å². The van der Waals surface area contributed by atoms with E-state index in [0.717, 1.165) is 0 Å². The van der Waals surface area contributed by atoms with E-state index in [4.69, 9.17) is 0 Å². The summed E-state index contributed by atoms with van der Waals surface area (Å²) >= 11 is 0. The molecule has 1 aromatic carbocycles. The van der Waals surface area contributed by atoms with Crippen LogP contribution < -0.4 is 10.6 Å². The molecule has 0 atom stereocenters. The van der Waals surface area contributed by atoms with Crippen molar-refractivity contribution in [2.75, 3.05) is 10.6 Å². The number of anilines is 2. The summed E-state index contributed by atoms with van der Waals surface area (Å²) in [6.07, 6.45) is 1.31. The molecule has 0 bridgehead atoms. The average molecular weight is 262 g/mol. The molecular formula is C11H10N4O4. The van der Waals surface area contributed by atoms with Gasteiger partial charge in [0.15, 0.2) is 5.82 Å². The van der Waals surface area contributed by atoms with Crippen LogP contribution in [0.25, 0.3) is 0 Å². The zero-order valence-electron chi connectivity index (χ0n) is 9.91. The molecule has 2 rings (SSSR count). The molecule has 0 fully saturated rings. The first-order chi connectivity index (χ1) is 9.06. The molecule has 19 heavy (non-hydrogen) atoms. The molecule has 2 aromatic rings. The third-order valence-electron chi connectivity index (χ3n) is 2.36. The Kier molecular flexibility index (Phi) is 3.42. The second kappa shape index (κ2) is 5.17. The van der Waals surface area contributed by atoms with E-state index in [-0.39, 0.29) is 11.5 Å². The van der Waals surface area contributed by atoms with E-state index in [1.54, 1.807) is 13.0 Å². The van der Waals surface area contributed by atoms with E-state index in [9.17, 15) is 14.9 Å². The topological polar surface area (TPSA) is 110 Å². The lowest BCUT2D eigenvalue weighted by Gasteiger charge is -2.07. The van der Waals surface area contributed by atoms with Crippen LogP contribution in [-0.4, -0.2) is 16.1 Å². The molecule has 1 heterocycles. The predicted molar refractivity (Wildman–Crippen MR) is 67.0 cm³/mol. The molecule has 0 unspecified atom stereocenters. The Morgan fingerprint density at radius 3 is 2.79 bits per heavy atom. The molecule has 2 N–H and O–H groups in total. The van der Waals surface area contributed by atoms with Crippen LogP contribution in [-0.2, 0) is 0 Å². The number of nitrogens with zero attached hydrogens (tertiary/aromatic N) is 2. The number of aromatic nitrogens is 1. The largest absolute Gasteiger partial charge is 0.363 e. The van der Waals surface area contributed by atoms with Crippen LogP contribution in [0.15, 0.2) is 35.1 Å². The lowest BCUT2D eigenvalue weighted by Crippen LogP contribution is -2.20. The van der Waals surface area contributed by atoms with Crippen LogP contribution in [0.3, 0.4) is 0 Å². The van der Waals surface area contributed by atoms with Crippen molar-refractivity contribution in [3.05, 3.63) is 46.2 Å². The van der Waals surface area contributed by atoms with Crippen LogP contribution in [0.5, 0.6) is 0 Å². The van der Waals surface area contributed by atoms with Gasteiger partial charge in [0.25, 0.3) is 5.69 Å². The van der Waals surface area contributed by atoms with Gasteiger partial charge in [-0.25, -0.2) is 4.79 Å². The van der Waals surface area contributed by atoms with Crippen molar-refractivity contribution in [2.45, 2.75) is 6.92 Å². The van der Waals surface area contributed by atoms with Crippen molar-refractivity contribution in [3.8, 4) is 0 Å². The van der Waals surface area contributed by atoms with Gasteiger partial charge in [0.1, 0.15) is 6.26 Å². The number of carbonyl (C=O) groups excluding carboxylic acids is 1. The number of nitro groups is 1. The van der Waals surface area contributed by atoms with Crippen molar-refractivity contribution < 1.29 is 14.2 Å². The number of hydrogen-bond donors (Lipinski definition) is 2. The van der Waals surface area contributed by atoms with E-state index < -0.39 is 11.0 Å². The molecule has 8 nitrogen and oxygen atoms in total. The predicted octanol–water partition coefficient (Wildman–Crippen LogP) is 2.54. The van der Waals surface area contributed by atoms with Crippen molar-refractivity contribution in [3.63, 3.8) is 0 Å². The second-order valence-corrected chi connectivity index (χ2v) is 3.72. The maximum atomic E-state index is 11.6. The zero-order valence-corrected chi connectivity index (χ0v) is 9.91. The van der Waals surface area contributed by atoms with Gasteiger partial charge in [0.05, 0.1) is 10.6 Å². The molecule has 1 aromatic heterocycles. The Hall–Kier alpha value is -2.90. The summed E-state index contributed by atoms with van der Waals surface area (Å²) in [7, 11) is 0. The Balaban J connectivity index is 2.11. The highest BCUT2D eigenvalue weighted by Crippen LogP contribution is 2.21. The summed E-state index contributed by atoms with van der Waals surface area (Å²) < 4.78 is 4.56. The van der Waals surface area contributed by atoms with E-state index >= 15 is 0 Å².